The minimum absolute atomic E-state index is 0.195. The molecule has 26 heavy (non-hydrogen) atoms. The van der Waals surface area contributed by atoms with Gasteiger partial charge in [0.15, 0.2) is 5.96 Å². The second-order valence-electron chi connectivity index (χ2n) is 7.40. The van der Waals surface area contributed by atoms with Crippen LogP contribution in [0.3, 0.4) is 0 Å². The highest BCUT2D eigenvalue weighted by Crippen LogP contribution is 2.10. The first-order valence-electron chi connectivity index (χ1n) is 8.74. The standard InChI is InChI=1S/C19H31FN4O2/c1-14(13-24(6)18(25)26-19(2,3)4)11-22-17(21-5)23-12-15-8-7-9-16(20)10-15/h7-10,14H,11-13H2,1-6H3,(H2,21,22,23). The summed E-state index contributed by atoms with van der Waals surface area (Å²) in [6.45, 7) is 9.24. The van der Waals surface area contributed by atoms with E-state index in [0.717, 1.165) is 5.56 Å². The third-order valence-electron chi connectivity index (χ3n) is 3.48. The average Bonchev–Trinajstić information content (AvgIpc) is 2.53. The molecule has 2 N–H and O–H groups in total. The monoisotopic (exact) mass is 366 g/mol. The fourth-order valence-electron chi connectivity index (χ4n) is 2.27. The van der Waals surface area contributed by atoms with Crippen molar-refractivity contribution in [3.63, 3.8) is 0 Å². The van der Waals surface area contributed by atoms with Gasteiger partial charge < -0.3 is 20.3 Å². The number of guanidine groups is 1. The van der Waals surface area contributed by atoms with E-state index in [2.05, 4.69) is 15.6 Å². The van der Waals surface area contributed by atoms with Gasteiger partial charge in [-0.25, -0.2) is 9.18 Å². The van der Waals surface area contributed by atoms with Crippen molar-refractivity contribution in [2.45, 2.75) is 39.8 Å². The van der Waals surface area contributed by atoms with Crippen LogP contribution in [0.15, 0.2) is 29.3 Å². The Hall–Kier alpha value is -2.31. The maximum atomic E-state index is 13.2. The maximum absolute atomic E-state index is 13.2. The Kier molecular flexibility index (Phi) is 8.35. The number of nitrogens with one attached hydrogen (secondary N) is 2. The van der Waals surface area contributed by atoms with Crippen LogP contribution in [0.25, 0.3) is 0 Å². The fourth-order valence-corrected chi connectivity index (χ4v) is 2.27. The molecule has 0 saturated carbocycles. The Morgan fingerprint density at radius 3 is 2.62 bits per heavy atom. The molecule has 0 radical (unpaired) electrons. The summed E-state index contributed by atoms with van der Waals surface area (Å²) in [7, 11) is 3.40. The highest BCUT2D eigenvalue weighted by Gasteiger charge is 2.20. The number of hydrogen-bond donors (Lipinski definition) is 2. The minimum Gasteiger partial charge on any atom is -0.444 e. The van der Waals surface area contributed by atoms with Gasteiger partial charge in [0.1, 0.15) is 11.4 Å². The number of aliphatic imine (C=N–C) groups is 1. The molecule has 0 saturated heterocycles. The van der Waals surface area contributed by atoms with E-state index in [1.165, 1.54) is 12.1 Å². The largest absolute Gasteiger partial charge is 0.444 e. The van der Waals surface area contributed by atoms with Gasteiger partial charge in [-0.15, -0.1) is 0 Å². The number of carbonyl (C=O) groups is 1. The van der Waals surface area contributed by atoms with E-state index in [-0.39, 0.29) is 17.8 Å². The predicted molar refractivity (Wildman–Crippen MR) is 103 cm³/mol. The van der Waals surface area contributed by atoms with Gasteiger partial charge in [-0.3, -0.25) is 4.99 Å². The summed E-state index contributed by atoms with van der Waals surface area (Å²) < 4.78 is 18.5. The number of amides is 1. The van der Waals surface area contributed by atoms with E-state index in [4.69, 9.17) is 4.74 Å². The number of nitrogens with zero attached hydrogens (tertiary/aromatic N) is 2. The summed E-state index contributed by atoms with van der Waals surface area (Å²) in [4.78, 5) is 17.7. The first kappa shape index (κ1) is 21.7. The lowest BCUT2D eigenvalue weighted by Gasteiger charge is -2.26. The molecule has 0 aliphatic rings. The zero-order chi connectivity index (χ0) is 19.7. The van der Waals surface area contributed by atoms with Gasteiger partial charge in [0, 0.05) is 33.7 Å². The highest BCUT2D eigenvalue weighted by atomic mass is 19.1. The number of halogens is 1. The van der Waals surface area contributed by atoms with Gasteiger partial charge in [-0.2, -0.15) is 0 Å². The Labute approximate surface area is 155 Å². The molecule has 0 aromatic heterocycles. The molecule has 0 bridgehead atoms. The average molecular weight is 366 g/mol. The SMILES string of the molecule is CN=C(NCc1cccc(F)c1)NCC(C)CN(C)C(=O)OC(C)(C)C. The van der Waals surface area contributed by atoms with Crippen molar-refractivity contribution < 1.29 is 13.9 Å². The van der Waals surface area contributed by atoms with Crippen molar-refractivity contribution in [3.05, 3.63) is 35.6 Å². The van der Waals surface area contributed by atoms with Crippen LogP contribution in [-0.2, 0) is 11.3 Å². The zero-order valence-corrected chi connectivity index (χ0v) is 16.6. The van der Waals surface area contributed by atoms with Crippen molar-refractivity contribution in [2.75, 3.05) is 27.2 Å². The molecule has 1 aromatic rings. The number of hydrogen-bond acceptors (Lipinski definition) is 3. The van der Waals surface area contributed by atoms with E-state index >= 15 is 0 Å². The number of ether oxygens (including phenoxy) is 1. The molecule has 6 nitrogen and oxygen atoms in total. The Balaban J connectivity index is 2.39. The van der Waals surface area contributed by atoms with Gasteiger partial charge in [0.25, 0.3) is 0 Å². The van der Waals surface area contributed by atoms with Gasteiger partial charge in [-0.1, -0.05) is 19.1 Å². The summed E-state index contributed by atoms with van der Waals surface area (Å²) in [6, 6.07) is 6.43. The highest BCUT2D eigenvalue weighted by molar-refractivity contribution is 5.79. The summed E-state index contributed by atoms with van der Waals surface area (Å²) in [5.74, 6) is 0.562. The lowest BCUT2D eigenvalue weighted by Crippen LogP contribution is -2.42. The first-order chi connectivity index (χ1) is 12.1. The molecule has 146 valence electrons. The van der Waals surface area contributed by atoms with E-state index in [1.807, 2.05) is 33.8 Å². The topological polar surface area (TPSA) is 66.0 Å². The second-order valence-corrected chi connectivity index (χ2v) is 7.40. The van der Waals surface area contributed by atoms with Gasteiger partial charge in [0.2, 0.25) is 0 Å². The lowest BCUT2D eigenvalue weighted by atomic mass is 10.1. The molecule has 1 atom stereocenters. The molecular weight excluding hydrogens is 335 g/mol. The molecule has 0 aliphatic heterocycles. The fraction of sp³-hybridized carbons (Fsp3) is 0.579. The Morgan fingerprint density at radius 2 is 2.04 bits per heavy atom. The molecule has 1 aromatic carbocycles. The maximum Gasteiger partial charge on any atom is 0.410 e. The summed E-state index contributed by atoms with van der Waals surface area (Å²) >= 11 is 0. The van der Waals surface area contributed by atoms with Crippen LogP contribution >= 0.6 is 0 Å². The van der Waals surface area contributed by atoms with Crippen molar-refractivity contribution in [2.24, 2.45) is 10.9 Å². The van der Waals surface area contributed by atoms with Crippen LogP contribution in [0, 0.1) is 11.7 Å². The van der Waals surface area contributed by atoms with Crippen molar-refractivity contribution in [3.8, 4) is 0 Å². The van der Waals surface area contributed by atoms with Crippen LogP contribution in [0.1, 0.15) is 33.3 Å². The lowest BCUT2D eigenvalue weighted by molar-refractivity contribution is 0.0278. The molecule has 0 fully saturated rings. The molecule has 0 aliphatic carbocycles. The molecule has 1 rings (SSSR count). The van der Waals surface area contributed by atoms with E-state index in [1.54, 1.807) is 25.1 Å². The number of benzene rings is 1. The molecule has 1 unspecified atom stereocenters. The zero-order valence-electron chi connectivity index (χ0n) is 16.6. The van der Waals surface area contributed by atoms with Crippen molar-refractivity contribution >= 4 is 12.1 Å². The van der Waals surface area contributed by atoms with Crippen LogP contribution in [0.4, 0.5) is 9.18 Å². The Morgan fingerprint density at radius 1 is 1.35 bits per heavy atom. The molecule has 0 heterocycles. The smallest absolute Gasteiger partial charge is 0.410 e. The van der Waals surface area contributed by atoms with Gasteiger partial charge in [-0.05, 0) is 44.4 Å². The van der Waals surface area contributed by atoms with Crippen LogP contribution in [-0.4, -0.2) is 49.7 Å². The minimum atomic E-state index is -0.504. The van der Waals surface area contributed by atoms with E-state index in [9.17, 15) is 9.18 Å². The van der Waals surface area contributed by atoms with Crippen LogP contribution in [0.2, 0.25) is 0 Å². The predicted octanol–water partition coefficient (Wildman–Crippen LogP) is 2.99. The van der Waals surface area contributed by atoms with Crippen LogP contribution in [0.5, 0.6) is 0 Å². The molecule has 0 spiro atoms. The van der Waals surface area contributed by atoms with Crippen molar-refractivity contribution in [1.29, 1.82) is 0 Å². The third kappa shape index (κ3) is 8.69. The molecule has 7 heteroatoms. The summed E-state index contributed by atoms with van der Waals surface area (Å²) in [5.41, 5.74) is 0.334. The van der Waals surface area contributed by atoms with Gasteiger partial charge >= 0.3 is 6.09 Å². The molecular formula is C19H31FN4O2. The second kappa shape index (κ2) is 9.99. The van der Waals surface area contributed by atoms with Crippen LogP contribution < -0.4 is 10.6 Å². The van der Waals surface area contributed by atoms with E-state index < -0.39 is 5.60 Å². The van der Waals surface area contributed by atoms with E-state index in [0.29, 0.717) is 25.6 Å². The summed E-state index contributed by atoms with van der Waals surface area (Å²) in [5, 5.41) is 6.36. The first-order valence-corrected chi connectivity index (χ1v) is 8.74. The normalized spacial score (nSPS) is 13.1. The Bertz CT molecular complexity index is 614. The number of carbonyl (C=O) groups excluding carboxylic acids is 1. The number of rotatable bonds is 6. The summed E-state index contributed by atoms with van der Waals surface area (Å²) in [6.07, 6.45) is -0.335. The van der Waals surface area contributed by atoms with Gasteiger partial charge in [0.05, 0.1) is 0 Å². The third-order valence-corrected chi connectivity index (χ3v) is 3.48. The quantitative estimate of drug-likeness (QED) is 0.600. The molecule has 1 amide bonds. The van der Waals surface area contributed by atoms with Crippen molar-refractivity contribution in [1.82, 2.24) is 15.5 Å².